The average Bonchev–Trinajstić information content (AvgIpc) is 1.41. The van der Waals surface area contributed by atoms with Crippen molar-refractivity contribution in [2.24, 2.45) is 47.3 Å². The number of benzene rings is 8. The van der Waals surface area contributed by atoms with Crippen molar-refractivity contribution in [1.82, 2.24) is 14.7 Å². The van der Waals surface area contributed by atoms with Crippen LogP contribution in [0.15, 0.2) is 239 Å². The fourth-order valence-electron chi connectivity index (χ4n) is 15.5. The van der Waals surface area contributed by atoms with Gasteiger partial charge >= 0.3 is 561 Å². The Bertz CT molecular complexity index is 4800. The first-order valence-electron chi connectivity index (χ1n) is 47.8. The predicted molar refractivity (Wildman–Crippen MR) is 567 cm³/mol. The van der Waals surface area contributed by atoms with E-state index in [4.69, 9.17) is 46.8 Å². The second-order valence-electron chi connectivity index (χ2n) is 36.8. The van der Waals surface area contributed by atoms with Gasteiger partial charge < -0.3 is 71.7 Å². The molecule has 11 saturated heterocycles. The molecule has 11 fully saturated rings. The van der Waals surface area contributed by atoms with Gasteiger partial charge in [0.15, 0.2) is 0 Å². The van der Waals surface area contributed by atoms with Crippen LogP contribution in [0.3, 0.4) is 0 Å². The molecular formula is C108H142Cs8N6O13S9. The van der Waals surface area contributed by atoms with E-state index in [2.05, 4.69) is 259 Å². The third kappa shape index (κ3) is 60.6. The van der Waals surface area contributed by atoms with Gasteiger partial charge in [-0.05, 0) is 230 Å². The van der Waals surface area contributed by atoms with Crippen molar-refractivity contribution in [3.8, 4) is 5.75 Å². The van der Waals surface area contributed by atoms with Crippen LogP contribution in [0.1, 0.15) is 130 Å². The Morgan fingerprint density at radius 3 is 0.840 bits per heavy atom. The summed E-state index contributed by atoms with van der Waals surface area (Å²) in [7, 11) is 0.936. The van der Waals surface area contributed by atoms with Gasteiger partial charge in [0.1, 0.15) is 5.75 Å². The molecule has 11 aliphatic heterocycles. The van der Waals surface area contributed by atoms with Crippen molar-refractivity contribution in [2.45, 2.75) is 217 Å². The van der Waals surface area contributed by atoms with Crippen molar-refractivity contribution in [1.29, 1.82) is 0 Å². The third-order valence-corrected chi connectivity index (χ3v) is 32.6. The molecule has 8 unspecified atom stereocenters. The van der Waals surface area contributed by atoms with Gasteiger partial charge in [-0.2, -0.15) is 8.42 Å². The van der Waals surface area contributed by atoms with E-state index in [0.717, 1.165) is 132 Å². The molecule has 144 heavy (non-hydrogen) atoms. The number of nitrogens with zero attached hydrogens (tertiary/aromatic N) is 5. The van der Waals surface area contributed by atoms with E-state index in [1.165, 1.54) is 90.5 Å². The second kappa shape index (κ2) is 82.8. The molecule has 744 valence electrons. The molecule has 11 aliphatic rings. The average molecular weight is 3080 g/mol. The van der Waals surface area contributed by atoms with Crippen LogP contribution in [0.25, 0.3) is 0 Å². The number of carbonyl (C=O) groups is 1. The van der Waals surface area contributed by atoms with Crippen LogP contribution in [0.2, 0.25) is 0 Å². The summed E-state index contributed by atoms with van der Waals surface area (Å²) in [6, 6.07) is 69.1. The quantitative estimate of drug-likeness (QED) is 0.0727. The summed E-state index contributed by atoms with van der Waals surface area (Å²) < 4.78 is 76.6. The Kier molecular flexibility index (Phi) is 84.8. The standard InChI is InChI=1S/C17H25N2OS.C16H23N2OS.C15H20NO2S.C13H16NO2S.C12H15O4S2.2C12H15OS.C11H13OS.8Cs/c1-14-11-17(20-13-14)21-16-5-3-15(4-6-16)12-19-9-7-18(2)8-10-19;1-13-11-16(19-12-13)20-15-5-3-14(4-6-15)18-9-7-17(2)8-10-18;1-12-10-15(18-11-12)19-14-4-2-13(3-5-14)16-6-8-17-9-7-16;1-9-7-13(16-8-9)17-12-5-3-11(4-6-12)14-10(2)15;1-9-7-12(15-8-9)17-11-5-3-10(4-6-11)16-18(2,13)14;2*1-9-3-5-11(6-4-9)14-12-7-10(2)8-13-12;1-9-7-11(12-8-9)13-10-5-3-2-4-6-10;;;;;;;;/h3-6,13-14,17H,7-12H2,1-2H3;3-6,12-13,16H,7-11H2,1-2H3;2-5,11-12,15H,6-10H2,1H3;3-6,8-9,13H,7H2,1-2H3,(H,14,15);3-6,8-9,12H,7H2,1-2H3;2*3-6,8,10,12H,7H2,1-2H3;2-6,8-9,11H,7H2,1H3;;;;;;;;/q8*-1;8*+1/t14-,17?;13-,16?;12-,15?;9-,13?;9-,12?;2*10-,12?;9-,11?;;;;;;;;/m11111111......../s1. The number of thioether (sulfide) groups is 8. The normalized spacial score (nSPS) is 25.2. The number of hydrogen-bond donors (Lipinski definition) is 1. The summed E-state index contributed by atoms with van der Waals surface area (Å²) in [6.45, 7) is 52.7. The van der Waals surface area contributed by atoms with Gasteiger partial charge in [-0.25, -0.2) is 52.9 Å². The molecule has 36 heteroatoms. The fraction of sp³-hybridized carbons (Fsp3) is 0.472. The molecule has 1 N–H and O–H groups in total. The molecule has 11 heterocycles. The van der Waals surface area contributed by atoms with Crippen LogP contribution in [0, 0.1) is 114 Å². The van der Waals surface area contributed by atoms with E-state index in [9.17, 15) is 13.2 Å². The van der Waals surface area contributed by atoms with Crippen molar-refractivity contribution in [2.75, 3.05) is 114 Å². The number of morpholine rings is 1. The maximum atomic E-state index is 10.9. The molecule has 8 aromatic carbocycles. The van der Waals surface area contributed by atoms with Gasteiger partial charge in [-0.15, -0.1) is 47.3 Å². The van der Waals surface area contributed by atoms with Crippen molar-refractivity contribution in [3.05, 3.63) is 270 Å². The number of hydrogen-bond acceptors (Lipinski definition) is 26. The minimum absolute atomic E-state index is 0. The summed E-state index contributed by atoms with van der Waals surface area (Å²) in [4.78, 5) is 33.0. The number of aryl methyl sites for hydroxylation is 2. The number of nitrogens with one attached hydrogen (secondary N) is 1. The molecule has 0 bridgehead atoms. The van der Waals surface area contributed by atoms with E-state index < -0.39 is 10.1 Å². The first kappa shape index (κ1) is 148. The van der Waals surface area contributed by atoms with Crippen LogP contribution < -0.4 is 570 Å². The van der Waals surface area contributed by atoms with E-state index in [1.54, 1.807) is 47.4 Å². The van der Waals surface area contributed by atoms with Gasteiger partial charge in [0.25, 0.3) is 0 Å². The van der Waals surface area contributed by atoms with Gasteiger partial charge in [0, 0.05) is 135 Å². The summed E-state index contributed by atoms with van der Waals surface area (Å²) in [6.07, 6.45) is 9.79. The first-order valence-corrected chi connectivity index (χ1v) is 56.7. The molecular weight excluding hydrogens is 2940 g/mol. The molecule has 0 saturated carbocycles. The summed E-state index contributed by atoms with van der Waals surface area (Å²) in [5.74, 6) is 4.82. The number of likely N-dealkylation sites (N-methyl/N-ethyl adjacent to an activating group) is 2. The summed E-state index contributed by atoms with van der Waals surface area (Å²) >= 11 is 14.2. The van der Waals surface area contributed by atoms with Crippen LogP contribution in [-0.4, -0.2) is 172 Å². The van der Waals surface area contributed by atoms with E-state index in [0.29, 0.717) is 80.3 Å². The Hall–Kier alpha value is 11.3. The summed E-state index contributed by atoms with van der Waals surface area (Å²) in [5, 5.41) is 2.75. The fourth-order valence-corrected chi connectivity index (χ4v) is 24.9. The molecule has 0 aromatic heterocycles. The van der Waals surface area contributed by atoms with E-state index >= 15 is 0 Å². The number of amides is 1. The molecule has 0 radical (unpaired) electrons. The topological polar surface area (TPSA) is 172 Å². The number of piperazine rings is 2. The van der Waals surface area contributed by atoms with Crippen LogP contribution >= 0.6 is 94.1 Å². The van der Waals surface area contributed by atoms with Crippen molar-refractivity contribution < 1.29 is 611 Å². The number of ether oxygens (including phenoxy) is 9. The Labute approximate surface area is 1370 Å². The maximum Gasteiger partial charge on any atom is 1.00 e. The molecule has 0 spiro atoms. The Morgan fingerprint density at radius 2 is 0.576 bits per heavy atom. The largest absolute Gasteiger partial charge is 1.00 e. The molecule has 0 aliphatic carbocycles. The minimum atomic E-state index is -3.46. The zero-order valence-electron chi connectivity index (χ0n) is 89.5. The van der Waals surface area contributed by atoms with Gasteiger partial charge in [0.2, 0.25) is 5.91 Å². The van der Waals surface area contributed by atoms with Crippen LogP contribution in [0.4, 0.5) is 17.1 Å². The number of carbonyl (C=O) groups excluding carboxylic acids is 1. The maximum absolute atomic E-state index is 10.9. The predicted octanol–water partition coefficient (Wildman–Crippen LogP) is 1.87. The molecule has 16 atom stereocenters. The Balaban J connectivity index is 0.000000342. The molecule has 19 rings (SSSR count). The zero-order chi connectivity index (χ0) is 96.1. The van der Waals surface area contributed by atoms with Gasteiger partial charge in [-0.3, -0.25) is 9.69 Å². The molecule has 19 nitrogen and oxygen atoms in total. The molecule has 8 aromatic rings. The third-order valence-electron chi connectivity index (χ3n) is 23.2. The van der Waals surface area contributed by atoms with Gasteiger partial charge in [0.05, 0.1) is 63.0 Å². The van der Waals surface area contributed by atoms with E-state index in [-0.39, 0.29) is 573 Å². The van der Waals surface area contributed by atoms with E-state index in [1.807, 2.05) is 154 Å². The van der Waals surface area contributed by atoms with Crippen LogP contribution in [-0.2, 0) is 64.1 Å². The Morgan fingerprint density at radius 1 is 0.333 bits per heavy atom. The first-order chi connectivity index (χ1) is 65.6. The SMILES string of the molecule is CC(=O)Nc1ccc(SC2C[C@@H](C)[CH-]O2)cc1.C[C@H]1[CH-]OC(Sc2ccc(CN3CCN(C)CC3)cc2)C1.C[C@H]1[CH-]OC(Sc2ccc(N3CCN(C)CC3)cc2)C1.C[C@H]1[CH-]OC(Sc2ccc(N3CCOCC3)cc2)C1.C[C@H]1[CH-]OC(Sc2ccc(OS(C)(=O)=O)cc2)C1.C[C@H]1[CH-]OC(Sc2ccccc2)C1.Cc1ccc(SC2C[C@@H](C)[CH-]O2)cc1.Cc1ccc(SC2C[C@@H](C)[CH-]O2)cc1.[Cs+].[Cs+].[Cs+].[Cs+].[Cs+].[Cs+].[Cs+].[Cs+]. The second-order valence-corrected chi connectivity index (χ2v) is 48.2. The zero-order valence-corrected chi connectivity index (χ0v) is 147. The number of anilines is 3. The molecule has 1 amide bonds. The van der Waals surface area contributed by atoms with Crippen LogP contribution in [0.5, 0.6) is 5.75 Å². The van der Waals surface area contributed by atoms with Crippen molar-refractivity contribution >= 4 is 127 Å². The smallest absolute Gasteiger partial charge is 0.542 e. The summed E-state index contributed by atoms with van der Waals surface area (Å²) in [5.41, 5.74) is 9.66. The number of rotatable bonds is 23. The van der Waals surface area contributed by atoms with Crippen molar-refractivity contribution in [3.63, 3.8) is 0 Å². The monoisotopic (exact) mass is 3080 g/mol. The van der Waals surface area contributed by atoms with Gasteiger partial charge in [-0.1, -0.05) is 215 Å². The minimum Gasteiger partial charge on any atom is -0.542 e.